The first-order valence-corrected chi connectivity index (χ1v) is 13.8. The molecule has 0 aromatic heterocycles. The normalized spacial score (nSPS) is 14.6. The van der Waals surface area contributed by atoms with E-state index >= 15 is 4.39 Å². The number of rotatable bonds is 7. The maximum atomic E-state index is 15.9. The summed E-state index contributed by atoms with van der Waals surface area (Å²) < 4.78 is 151. The number of alkyl halides is 10. The maximum absolute atomic E-state index is 15.9. The molecule has 4 rings (SSSR count). The predicted molar refractivity (Wildman–Crippen MR) is 144 cm³/mol. The summed E-state index contributed by atoms with van der Waals surface area (Å²) in [6, 6.07) is 9.89. The van der Waals surface area contributed by atoms with Gasteiger partial charge in [0.05, 0.1) is 22.5 Å². The van der Waals surface area contributed by atoms with Gasteiger partial charge < -0.3 is 10.2 Å². The Balaban J connectivity index is 1.77. The molecule has 1 saturated carbocycles. The van der Waals surface area contributed by atoms with Gasteiger partial charge in [0.15, 0.2) is 5.82 Å². The molecule has 3 aromatic carbocycles. The van der Waals surface area contributed by atoms with Crippen LogP contribution >= 0.6 is 15.9 Å². The zero-order valence-electron chi connectivity index (χ0n) is 22.5. The Hall–Kier alpha value is -3.69. The van der Waals surface area contributed by atoms with E-state index in [2.05, 4.69) is 15.9 Å². The van der Waals surface area contributed by atoms with Crippen molar-refractivity contribution in [1.29, 1.82) is 0 Å². The van der Waals surface area contributed by atoms with E-state index in [4.69, 9.17) is 0 Å². The summed E-state index contributed by atoms with van der Waals surface area (Å²) in [5.41, 5.74) is -13.5. The largest absolute Gasteiger partial charge is 0.435 e. The summed E-state index contributed by atoms with van der Waals surface area (Å²) in [6.07, 6.45) is -16.8. The van der Waals surface area contributed by atoms with Crippen LogP contribution in [-0.4, -0.2) is 30.7 Å². The van der Waals surface area contributed by atoms with Crippen molar-refractivity contribution in [2.75, 3.05) is 16.8 Å². The highest BCUT2D eigenvalue weighted by molar-refractivity contribution is 9.10. The molecule has 0 spiro atoms. The van der Waals surface area contributed by atoms with Crippen molar-refractivity contribution in [2.24, 2.45) is 5.92 Å². The summed E-state index contributed by atoms with van der Waals surface area (Å²) in [7, 11) is 0. The SMILES string of the molecule is O=C(Nc1c(Br)cc(C(F)(C(F)(F)F)C(F)(F)F)cc1C(F)(F)F)c1cccc(N(CC2CCC2)C(=O)c2ccccc2)c1F. The lowest BCUT2D eigenvalue weighted by molar-refractivity contribution is -0.348. The second kappa shape index (κ2) is 12.2. The van der Waals surface area contributed by atoms with E-state index in [1.165, 1.54) is 12.1 Å². The number of hydrogen-bond acceptors (Lipinski definition) is 2. The van der Waals surface area contributed by atoms with Gasteiger partial charge in [-0.2, -0.15) is 39.5 Å². The molecule has 3 aromatic rings. The lowest BCUT2D eigenvalue weighted by Gasteiger charge is -2.33. The minimum absolute atomic E-state index is 0.00520. The van der Waals surface area contributed by atoms with Gasteiger partial charge in [-0.3, -0.25) is 9.59 Å². The van der Waals surface area contributed by atoms with E-state index in [1.807, 2.05) is 0 Å². The fourth-order valence-electron chi connectivity index (χ4n) is 4.69. The average molecular weight is 717 g/mol. The molecule has 0 aliphatic heterocycles. The number of hydrogen-bond donors (Lipinski definition) is 1. The molecule has 0 bridgehead atoms. The van der Waals surface area contributed by atoms with Crippen LogP contribution in [0.25, 0.3) is 0 Å². The number of nitrogens with zero attached hydrogens (tertiary/aromatic N) is 1. The highest BCUT2D eigenvalue weighted by Crippen LogP contribution is 2.55. The topological polar surface area (TPSA) is 49.4 Å². The standard InChI is InChI=1S/C29H20BrF11N2O2/c30-20-13-17(26(32,28(36,37)38)29(39,40)41)12-19(27(33,34)35)23(20)42-24(44)18-10-5-11-21(22(18)31)43(14-15-6-4-7-15)25(45)16-8-2-1-3-9-16/h1-3,5,8-13,15H,4,6-7,14H2,(H,42,44). The Morgan fingerprint density at radius 3 is 1.96 bits per heavy atom. The second-order valence-electron chi connectivity index (χ2n) is 10.2. The number of anilines is 2. The maximum Gasteiger partial charge on any atom is 0.435 e. The Kier molecular flexibility index (Phi) is 9.31. The quantitative estimate of drug-likeness (QED) is 0.248. The van der Waals surface area contributed by atoms with Crippen LogP contribution in [0.3, 0.4) is 0 Å². The van der Waals surface area contributed by atoms with E-state index in [-0.39, 0.29) is 24.1 Å². The molecule has 0 atom stereocenters. The molecule has 4 nitrogen and oxygen atoms in total. The van der Waals surface area contributed by atoms with Gasteiger partial charge in [0.2, 0.25) is 0 Å². The third kappa shape index (κ3) is 6.65. The van der Waals surface area contributed by atoms with Gasteiger partial charge in [-0.05, 0) is 71.1 Å². The molecule has 45 heavy (non-hydrogen) atoms. The van der Waals surface area contributed by atoms with Crippen molar-refractivity contribution in [3.63, 3.8) is 0 Å². The second-order valence-corrected chi connectivity index (χ2v) is 11.1. The van der Waals surface area contributed by atoms with Crippen LogP contribution in [0.1, 0.15) is 51.1 Å². The zero-order valence-corrected chi connectivity index (χ0v) is 24.1. The van der Waals surface area contributed by atoms with Crippen molar-refractivity contribution in [3.8, 4) is 0 Å². The fraction of sp³-hybridized carbons (Fsp3) is 0.310. The van der Waals surface area contributed by atoms with Crippen LogP contribution in [0.15, 0.2) is 65.1 Å². The van der Waals surface area contributed by atoms with Crippen molar-refractivity contribution < 1.29 is 57.9 Å². The molecule has 0 saturated heterocycles. The summed E-state index contributed by atoms with van der Waals surface area (Å²) in [6.45, 7) is 0.0460. The molecule has 16 heteroatoms. The Morgan fingerprint density at radius 2 is 1.44 bits per heavy atom. The van der Waals surface area contributed by atoms with Gasteiger partial charge in [-0.1, -0.05) is 30.7 Å². The van der Waals surface area contributed by atoms with Crippen molar-refractivity contribution >= 4 is 39.1 Å². The van der Waals surface area contributed by atoms with Crippen LogP contribution in [0.4, 0.5) is 59.7 Å². The lowest BCUT2D eigenvalue weighted by atomic mass is 9.85. The number of benzene rings is 3. The van der Waals surface area contributed by atoms with Crippen LogP contribution < -0.4 is 10.2 Å². The zero-order chi connectivity index (χ0) is 33.5. The van der Waals surface area contributed by atoms with Gasteiger partial charge >= 0.3 is 24.2 Å². The number of carbonyl (C=O) groups excluding carboxylic acids is 2. The smallest absolute Gasteiger partial charge is 0.320 e. The van der Waals surface area contributed by atoms with Crippen LogP contribution in [0.2, 0.25) is 0 Å². The van der Waals surface area contributed by atoms with Crippen LogP contribution in [0.5, 0.6) is 0 Å². The fourth-order valence-corrected chi connectivity index (χ4v) is 5.25. The first-order valence-electron chi connectivity index (χ1n) is 13.0. The van der Waals surface area contributed by atoms with Gasteiger partial charge in [0, 0.05) is 22.1 Å². The highest BCUT2D eigenvalue weighted by atomic mass is 79.9. The molecule has 1 N–H and O–H groups in total. The van der Waals surface area contributed by atoms with E-state index in [9.17, 15) is 53.5 Å². The average Bonchev–Trinajstić information content (AvgIpc) is 2.91. The third-order valence-corrected chi connectivity index (χ3v) is 7.88. The van der Waals surface area contributed by atoms with Gasteiger partial charge in [-0.25, -0.2) is 8.78 Å². The number of amides is 2. The summed E-state index contributed by atoms with van der Waals surface area (Å²) in [5, 5.41) is 1.65. The van der Waals surface area contributed by atoms with Crippen molar-refractivity contribution in [3.05, 3.63) is 93.2 Å². The predicted octanol–water partition coefficient (Wildman–Crippen LogP) is 9.60. The van der Waals surface area contributed by atoms with E-state index < -0.39 is 80.4 Å². The minimum Gasteiger partial charge on any atom is -0.320 e. The number of halogens is 12. The first kappa shape index (κ1) is 34.2. The van der Waals surface area contributed by atoms with Gasteiger partial charge in [0.25, 0.3) is 11.8 Å². The number of carbonyl (C=O) groups is 2. The van der Waals surface area contributed by atoms with Crippen LogP contribution in [0, 0.1) is 11.7 Å². The lowest BCUT2D eigenvalue weighted by Crippen LogP contribution is -2.50. The molecule has 0 unspecified atom stereocenters. The monoisotopic (exact) mass is 716 g/mol. The molecule has 1 aliphatic rings. The molecular weight excluding hydrogens is 697 g/mol. The summed E-state index contributed by atoms with van der Waals surface area (Å²) in [5.74, 6) is -3.57. The van der Waals surface area contributed by atoms with Crippen molar-refractivity contribution in [1.82, 2.24) is 0 Å². The Bertz CT molecular complexity index is 1570. The highest BCUT2D eigenvalue weighted by Gasteiger charge is 2.73. The van der Waals surface area contributed by atoms with E-state index in [0.29, 0.717) is 0 Å². The number of nitrogens with one attached hydrogen (secondary N) is 1. The Morgan fingerprint density at radius 1 is 0.844 bits per heavy atom. The van der Waals surface area contributed by atoms with Gasteiger partial charge in [-0.15, -0.1) is 0 Å². The summed E-state index contributed by atoms with van der Waals surface area (Å²) >= 11 is 2.40. The van der Waals surface area contributed by atoms with E-state index in [0.717, 1.165) is 42.4 Å². The van der Waals surface area contributed by atoms with Crippen LogP contribution in [-0.2, 0) is 11.8 Å². The molecular formula is C29H20BrF11N2O2. The van der Waals surface area contributed by atoms with Gasteiger partial charge in [0.1, 0.15) is 0 Å². The minimum atomic E-state index is -6.72. The third-order valence-electron chi connectivity index (χ3n) is 7.26. The molecule has 0 heterocycles. The van der Waals surface area contributed by atoms with Crippen molar-refractivity contribution in [2.45, 2.75) is 43.5 Å². The Labute approximate surface area is 256 Å². The molecule has 0 radical (unpaired) electrons. The molecule has 1 aliphatic carbocycles. The summed E-state index contributed by atoms with van der Waals surface area (Å²) in [4.78, 5) is 27.5. The molecule has 2 amide bonds. The molecule has 1 fully saturated rings. The molecule has 242 valence electrons. The van der Waals surface area contributed by atoms with E-state index in [1.54, 1.807) is 23.5 Å². The first-order chi connectivity index (χ1) is 20.8.